The van der Waals surface area contributed by atoms with E-state index in [4.69, 9.17) is 5.73 Å². The minimum Gasteiger partial charge on any atom is -0.326 e. The third-order valence-corrected chi connectivity index (χ3v) is 4.46. The molecule has 2 rings (SSSR count). The quantitative estimate of drug-likeness (QED) is 0.846. The van der Waals surface area contributed by atoms with Crippen LogP contribution in [0.1, 0.15) is 22.4 Å². The van der Waals surface area contributed by atoms with Crippen LogP contribution in [0.2, 0.25) is 0 Å². The largest absolute Gasteiger partial charge is 0.326 e. The average Bonchev–Trinajstić information content (AvgIpc) is 2.46. The molecule has 0 spiro atoms. The Hall–Kier alpha value is -1.76. The van der Waals surface area contributed by atoms with Crippen LogP contribution in [-0.4, -0.2) is 13.4 Å². The van der Waals surface area contributed by atoms with Gasteiger partial charge in [-0.1, -0.05) is 30.3 Å². The Morgan fingerprint density at radius 2 is 1.95 bits per heavy atom. The van der Waals surface area contributed by atoms with Gasteiger partial charge in [-0.25, -0.2) is 13.1 Å². The molecule has 112 valence electrons. The van der Waals surface area contributed by atoms with Gasteiger partial charge in [0.05, 0.1) is 18.0 Å². The third-order valence-electron chi connectivity index (χ3n) is 3.16. The van der Waals surface area contributed by atoms with Crippen LogP contribution in [0.5, 0.6) is 0 Å². The van der Waals surface area contributed by atoms with Crippen LogP contribution in [0.3, 0.4) is 0 Å². The van der Waals surface area contributed by atoms with Gasteiger partial charge in [-0.2, -0.15) is 0 Å². The predicted octanol–water partition coefficient (Wildman–Crippen LogP) is 1.47. The lowest BCUT2D eigenvalue weighted by molar-refractivity contribution is 0.579. The van der Waals surface area contributed by atoms with Crippen molar-refractivity contribution in [3.63, 3.8) is 0 Å². The highest BCUT2D eigenvalue weighted by Crippen LogP contribution is 2.09. The van der Waals surface area contributed by atoms with E-state index in [9.17, 15) is 8.42 Å². The molecule has 3 N–H and O–H groups in total. The minimum atomic E-state index is -3.41. The summed E-state index contributed by atoms with van der Waals surface area (Å²) in [5.74, 6) is -0.0628. The summed E-state index contributed by atoms with van der Waals surface area (Å²) in [6, 6.07) is 11.0. The smallest absolute Gasteiger partial charge is 0.216 e. The van der Waals surface area contributed by atoms with Crippen molar-refractivity contribution in [1.82, 2.24) is 9.71 Å². The van der Waals surface area contributed by atoms with Crippen molar-refractivity contribution in [2.24, 2.45) is 5.73 Å². The number of pyridine rings is 1. The Balaban J connectivity index is 2.03. The molecular formula is C15H19N3O2S. The van der Waals surface area contributed by atoms with E-state index in [0.29, 0.717) is 6.54 Å². The van der Waals surface area contributed by atoms with Gasteiger partial charge in [0.1, 0.15) is 0 Å². The normalized spacial score (nSPS) is 11.5. The number of nitrogens with two attached hydrogens (primary N) is 1. The standard InChI is InChI=1S/C15H19N3O2S/c1-12-4-3-7-17-15(12)10-18-21(19,20)11-14-6-2-5-13(8-14)9-16/h2-8,18H,9-11,16H2,1H3. The lowest BCUT2D eigenvalue weighted by Gasteiger charge is -2.09. The van der Waals surface area contributed by atoms with Crippen LogP contribution in [0.15, 0.2) is 42.6 Å². The molecule has 21 heavy (non-hydrogen) atoms. The molecule has 0 saturated heterocycles. The number of aryl methyl sites for hydroxylation is 1. The minimum absolute atomic E-state index is 0.0628. The van der Waals surface area contributed by atoms with Gasteiger partial charge in [-0.3, -0.25) is 4.98 Å². The molecule has 0 bridgehead atoms. The van der Waals surface area contributed by atoms with E-state index in [-0.39, 0.29) is 12.3 Å². The summed E-state index contributed by atoms with van der Waals surface area (Å²) in [7, 11) is -3.41. The van der Waals surface area contributed by atoms with Crippen LogP contribution >= 0.6 is 0 Å². The number of rotatable bonds is 6. The molecule has 0 aliphatic rings. The summed E-state index contributed by atoms with van der Waals surface area (Å²) in [6.45, 7) is 2.50. The lowest BCUT2D eigenvalue weighted by Crippen LogP contribution is -2.25. The molecule has 0 aliphatic heterocycles. The molecule has 1 heterocycles. The summed E-state index contributed by atoms with van der Waals surface area (Å²) in [5, 5.41) is 0. The van der Waals surface area contributed by atoms with Crippen LogP contribution in [0, 0.1) is 6.92 Å². The van der Waals surface area contributed by atoms with Crippen molar-refractivity contribution in [3.05, 3.63) is 65.0 Å². The molecule has 0 unspecified atom stereocenters. The van der Waals surface area contributed by atoms with Gasteiger partial charge in [0.15, 0.2) is 0 Å². The van der Waals surface area contributed by atoms with E-state index in [1.54, 1.807) is 12.3 Å². The molecule has 1 aromatic carbocycles. The lowest BCUT2D eigenvalue weighted by atomic mass is 10.1. The van der Waals surface area contributed by atoms with Crippen molar-refractivity contribution in [3.8, 4) is 0 Å². The number of nitrogens with zero attached hydrogens (tertiary/aromatic N) is 1. The second-order valence-corrected chi connectivity index (χ2v) is 6.68. The fraction of sp³-hybridized carbons (Fsp3) is 0.267. The summed E-state index contributed by atoms with van der Waals surface area (Å²) in [6.07, 6.45) is 1.65. The van der Waals surface area contributed by atoms with E-state index in [0.717, 1.165) is 22.4 Å². The van der Waals surface area contributed by atoms with E-state index in [1.165, 1.54) is 0 Å². The van der Waals surface area contributed by atoms with Crippen LogP contribution in [0.4, 0.5) is 0 Å². The molecule has 2 aromatic rings. The summed E-state index contributed by atoms with van der Waals surface area (Å²) < 4.78 is 26.8. The topological polar surface area (TPSA) is 85.1 Å². The fourth-order valence-electron chi connectivity index (χ4n) is 2.00. The second-order valence-electron chi connectivity index (χ2n) is 4.87. The van der Waals surface area contributed by atoms with Gasteiger partial charge >= 0.3 is 0 Å². The summed E-state index contributed by atoms with van der Waals surface area (Å²) >= 11 is 0. The molecular weight excluding hydrogens is 286 g/mol. The zero-order chi connectivity index (χ0) is 15.3. The number of hydrogen-bond donors (Lipinski definition) is 2. The molecule has 0 aliphatic carbocycles. The maximum Gasteiger partial charge on any atom is 0.216 e. The first kappa shape index (κ1) is 15.6. The maximum absolute atomic E-state index is 12.1. The highest BCUT2D eigenvalue weighted by atomic mass is 32.2. The second kappa shape index (κ2) is 6.80. The Morgan fingerprint density at radius 3 is 2.67 bits per heavy atom. The first-order valence-electron chi connectivity index (χ1n) is 6.66. The highest BCUT2D eigenvalue weighted by molar-refractivity contribution is 7.88. The van der Waals surface area contributed by atoms with Gasteiger partial charge in [0.2, 0.25) is 10.0 Å². The maximum atomic E-state index is 12.1. The number of nitrogens with one attached hydrogen (secondary N) is 1. The van der Waals surface area contributed by atoms with Crippen LogP contribution in [0.25, 0.3) is 0 Å². The first-order valence-corrected chi connectivity index (χ1v) is 8.31. The Kier molecular flexibility index (Phi) is 5.06. The molecule has 6 heteroatoms. The zero-order valence-electron chi connectivity index (χ0n) is 11.9. The molecule has 5 nitrogen and oxygen atoms in total. The van der Waals surface area contributed by atoms with E-state index >= 15 is 0 Å². The Morgan fingerprint density at radius 1 is 1.19 bits per heavy atom. The van der Waals surface area contributed by atoms with Crippen molar-refractivity contribution in [2.45, 2.75) is 25.8 Å². The van der Waals surface area contributed by atoms with E-state index in [1.807, 2.05) is 37.3 Å². The fourth-order valence-corrected chi connectivity index (χ4v) is 3.08. The molecule has 0 atom stereocenters. The number of sulfonamides is 1. The molecule has 0 radical (unpaired) electrons. The van der Waals surface area contributed by atoms with Gasteiger partial charge in [0, 0.05) is 12.7 Å². The molecule has 0 fully saturated rings. The van der Waals surface area contributed by atoms with Crippen molar-refractivity contribution < 1.29 is 8.42 Å². The monoisotopic (exact) mass is 305 g/mol. The van der Waals surface area contributed by atoms with Gasteiger partial charge < -0.3 is 5.73 Å². The molecule has 0 saturated carbocycles. The molecule has 1 aromatic heterocycles. The Labute approximate surface area is 125 Å². The third kappa shape index (κ3) is 4.63. The average molecular weight is 305 g/mol. The van der Waals surface area contributed by atoms with Crippen molar-refractivity contribution >= 4 is 10.0 Å². The van der Waals surface area contributed by atoms with Gasteiger partial charge in [-0.05, 0) is 29.7 Å². The Bertz CT molecular complexity index is 714. The first-order chi connectivity index (χ1) is 10.00. The highest BCUT2D eigenvalue weighted by Gasteiger charge is 2.12. The summed E-state index contributed by atoms with van der Waals surface area (Å²) in [5.41, 5.74) is 8.90. The van der Waals surface area contributed by atoms with E-state index < -0.39 is 10.0 Å². The number of benzene rings is 1. The summed E-state index contributed by atoms with van der Waals surface area (Å²) in [4.78, 5) is 4.17. The molecule has 0 amide bonds. The van der Waals surface area contributed by atoms with Crippen molar-refractivity contribution in [2.75, 3.05) is 0 Å². The van der Waals surface area contributed by atoms with Crippen LogP contribution < -0.4 is 10.5 Å². The number of hydrogen-bond acceptors (Lipinski definition) is 4. The predicted molar refractivity (Wildman–Crippen MR) is 82.8 cm³/mol. The SMILES string of the molecule is Cc1cccnc1CNS(=O)(=O)Cc1cccc(CN)c1. The van der Waals surface area contributed by atoms with Crippen LogP contribution in [-0.2, 0) is 28.9 Å². The van der Waals surface area contributed by atoms with Gasteiger partial charge in [0.25, 0.3) is 0 Å². The van der Waals surface area contributed by atoms with Gasteiger partial charge in [-0.15, -0.1) is 0 Å². The van der Waals surface area contributed by atoms with Crippen molar-refractivity contribution in [1.29, 1.82) is 0 Å². The zero-order valence-corrected chi connectivity index (χ0v) is 12.7. The number of aromatic nitrogens is 1. The van der Waals surface area contributed by atoms with E-state index in [2.05, 4.69) is 9.71 Å².